The second kappa shape index (κ2) is 6.75. The Labute approximate surface area is 124 Å². The number of ether oxygens (including phenoxy) is 1. The fraction of sp³-hybridized carbons (Fsp3) is 0.467. The van der Waals surface area contributed by atoms with E-state index in [-0.39, 0.29) is 5.92 Å². The first-order chi connectivity index (χ1) is 9.23. The highest BCUT2D eigenvalue weighted by Gasteiger charge is 2.24. The van der Waals surface area contributed by atoms with Crippen LogP contribution in [0.15, 0.2) is 24.3 Å². The van der Waals surface area contributed by atoms with E-state index in [0.29, 0.717) is 5.02 Å². The lowest BCUT2D eigenvalue weighted by atomic mass is 9.96. The monoisotopic (exact) mass is 297 g/mol. The molecule has 20 heavy (non-hydrogen) atoms. The van der Waals surface area contributed by atoms with Crippen molar-refractivity contribution in [2.24, 2.45) is 5.92 Å². The molecule has 0 saturated heterocycles. The number of carbonyl (C=O) groups excluding carboxylic acids is 2. The molecule has 1 rings (SSSR count). The number of benzene rings is 1. The van der Waals surface area contributed by atoms with Gasteiger partial charge in [0.15, 0.2) is 0 Å². The molecule has 0 aromatic heterocycles. The Bertz CT molecular complexity index is 465. The number of amides is 1. The molecular formula is C15H20ClNO3. The van der Waals surface area contributed by atoms with Gasteiger partial charge in [0.1, 0.15) is 11.9 Å². The van der Waals surface area contributed by atoms with E-state index in [4.69, 9.17) is 16.3 Å². The molecule has 1 aromatic rings. The largest absolute Gasteiger partial charge is 0.444 e. The summed E-state index contributed by atoms with van der Waals surface area (Å²) >= 11 is 5.84. The van der Waals surface area contributed by atoms with Gasteiger partial charge in [0.2, 0.25) is 0 Å². The van der Waals surface area contributed by atoms with Crippen molar-refractivity contribution in [2.75, 3.05) is 0 Å². The molecule has 5 heteroatoms. The van der Waals surface area contributed by atoms with Crippen LogP contribution in [0.2, 0.25) is 5.02 Å². The number of alkyl carbamates (subject to hydrolysis) is 1. The molecule has 0 radical (unpaired) electrons. The number of hydrogen-bond donors (Lipinski definition) is 1. The zero-order valence-electron chi connectivity index (χ0n) is 12.1. The van der Waals surface area contributed by atoms with Crippen LogP contribution in [-0.2, 0) is 9.53 Å². The van der Waals surface area contributed by atoms with Crippen LogP contribution in [0.4, 0.5) is 4.79 Å². The summed E-state index contributed by atoms with van der Waals surface area (Å²) in [5, 5.41) is 3.32. The Kier molecular flexibility index (Phi) is 5.57. The van der Waals surface area contributed by atoms with Crippen molar-refractivity contribution in [3.05, 3.63) is 34.9 Å². The normalized spacial score (nSPS) is 14.2. The van der Waals surface area contributed by atoms with Gasteiger partial charge in [-0.1, -0.05) is 30.7 Å². The van der Waals surface area contributed by atoms with Crippen LogP contribution >= 0.6 is 11.6 Å². The van der Waals surface area contributed by atoms with E-state index in [9.17, 15) is 9.59 Å². The van der Waals surface area contributed by atoms with Gasteiger partial charge < -0.3 is 14.8 Å². The van der Waals surface area contributed by atoms with Crippen molar-refractivity contribution in [3.8, 4) is 0 Å². The van der Waals surface area contributed by atoms with Gasteiger partial charge >= 0.3 is 6.09 Å². The highest BCUT2D eigenvalue weighted by molar-refractivity contribution is 6.30. The average molecular weight is 298 g/mol. The summed E-state index contributed by atoms with van der Waals surface area (Å²) < 4.78 is 5.22. The minimum atomic E-state index is -0.584. The second-order valence-corrected chi connectivity index (χ2v) is 6.11. The molecule has 0 aliphatic carbocycles. The molecular weight excluding hydrogens is 278 g/mol. The summed E-state index contributed by atoms with van der Waals surface area (Å²) in [5.74, 6) is -0.372. The molecule has 0 aliphatic rings. The number of nitrogens with one attached hydrogen (secondary N) is 1. The van der Waals surface area contributed by atoms with Gasteiger partial charge in [-0.05, 0) is 38.5 Å². The van der Waals surface area contributed by atoms with Gasteiger partial charge in [-0.15, -0.1) is 0 Å². The quantitative estimate of drug-likeness (QED) is 0.861. The van der Waals surface area contributed by atoms with E-state index >= 15 is 0 Å². The molecule has 0 aliphatic heterocycles. The summed E-state index contributed by atoms with van der Waals surface area (Å²) in [5.41, 5.74) is 0.221. The van der Waals surface area contributed by atoms with Crippen molar-refractivity contribution < 1.29 is 14.3 Å². The van der Waals surface area contributed by atoms with Gasteiger partial charge in [0.05, 0.1) is 6.04 Å². The highest BCUT2D eigenvalue weighted by atomic mass is 35.5. The topological polar surface area (TPSA) is 55.4 Å². The smallest absolute Gasteiger partial charge is 0.408 e. The molecule has 0 unspecified atom stereocenters. The van der Waals surface area contributed by atoms with Crippen LogP contribution in [0.1, 0.15) is 39.3 Å². The van der Waals surface area contributed by atoms with Crippen LogP contribution in [0.5, 0.6) is 0 Å². The summed E-state index contributed by atoms with van der Waals surface area (Å²) in [6.45, 7) is 7.09. The van der Waals surface area contributed by atoms with Gasteiger partial charge in [0, 0.05) is 10.9 Å². The van der Waals surface area contributed by atoms with Crippen LogP contribution in [0, 0.1) is 5.92 Å². The second-order valence-electron chi connectivity index (χ2n) is 5.67. The van der Waals surface area contributed by atoms with E-state index < -0.39 is 17.7 Å². The Morgan fingerprint density at radius 1 is 1.30 bits per heavy atom. The Balaban J connectivity index is 2.88. The molecule has 0 heterocycles. The molecule has 1 amide bonds. The van der Waals surface area contributed by atoms with Gasteiger partial charge in [-0.2, -0.15) is 0 Å². The Morgan fingerprint density at radius 2 is 1.85 bits per heavy atom. The molecule has 4 nitrogen and oxygen atoms in total. The zero-order chi connectivity index (χ0) is 15.3. The first-order valence-corrected chi connectivity index (χ1v) is 6.81. The fourth-order valence-corrected chi connectivity index (χ4v) is 1.83. The molecule has 0 bridgehead atoms. The van der Waals surface area contributed by atoms with Crippen molar-refractivity contribution in [1.82, 2.24) is 5.32 Å². The number of hydrogen-bond acceptors (Lipinski definition) is 3. The molecule has 0 fully saturated rings. The molecule has 1 aromatic carbocycles. The van der Waals surface area contributed by atoms with Crippen molar-refractivity contribution >= 4 is 24.0 Å². The summed E-state index contributed by atoms with van der Waals surface area (Å²) in [4.78, 5) is 22.9. The van der Waals surface area contributed by atoms with E-state index in [0.717, 1.165) is 11.8 Å². The number of rotatable bonds is 4. The van der Waals surface area contributed by atoms with E-state index in [2.05, 4.69) is 5.32 Å². The summed E-state index contributed by atoms with van der Waals surface area (Å²) in [6.07, 6.45) is 0.252. The number of halogens is 1. The van der Waals surface area contributed by atoms with Crippen molar-refractivity contribution in [2.45, 2.75) is 39.3 Å². The lowest BCUT2D eigenvalue weighted by Gasteiger charge is -2.25. The van der Waals surface area contributed by atoms with E-state index in [1.165, 1.54) is 0 Å². The SMILES string of the molecule is C[C@@H](C=O)[C@H](NC(=O)OC(C)(C)C)c1ccc(Cl)cc1. The summed E-state index contributed by atoms with van der Waals surface area (Å²) in [6, 6.07) is 6.56. The molecule has 0 saturated carbocycles. The van der Waals surface area contributed by atoms with E-state index in [1.807, 2.05) is 0 Å². The summed E-state index contributed by atoms with van der Waals surface area (Å²) in [7, 11) is 0. The van der Waals surface area contributed by atoms with Gasteiger partial charge in [-0.3, -0.25) is 0 Å². The van der Waals surface area contributed by atoms with Crippen LogP contribution < -0.4 is 5.32 Å². The zero-order valence-corrected chi connectivity index (χ0v) is 12.9. The van der Waals surface area contributed by atoms with Gasteiger partial charge in [0.25, 0.3) is 0 Å². The first-order valence-electron chi connectivity index (χ1n) is 6.43. The number of aldehydes is 1. The lowest BCUT2D eigenvalue weighted by Crippen LogP contribution is -2.37. The standard InChI is InChI=1S/C15H20ClNO3/c1-10(9-18)13(11-5-7-12(16)8-6-11)17-14(19)20-15(2,3)4/h5-10,13H,1-4H3,(H,17,19)/t10-,13-/m0/s1. The maximum atomic E-state index is 11.9. The molecule has 0 spiro atoms. The van der Waals surface area contributed by atoms with E-state index in [1.54, 1.807) is 52.0 Å². The first kappa shape index (κ1) is 16.5. The minimum Gasteiger partial charge on any atom is -0.444 e. The Morgan fingerprint density at radius 3 is 2.30 bits per heavy atom. The van der Waals surface area contributed by atoms with Crippen LogP contribution in [-0.4, -0.2) is 18.0 Å². The van der Waals surface area contributed by atoms with Crippen LogP contribution in [0.3, 0.4) is 0 Å². The minimum absolute atomic E-state index is 0.372. The third-order valence-corrected chi connectivity index (χ3v) is 2.89. The molecule has 1 N–H and O–H groups in total. The average Bonchev–Trinajstić information content (AvgIpc) is 2.34. The third kappa shape index (κ3) is 5.21. The lowest BCUT2D eigenvalue weighted by molar-refractivity contribution is -0.111. The van der Waals surface area contributed by atoms with Crippen molar-refractivity contribution in [3.63, 3.8) is 0 Å². The maximum Gasteiger partial charge on any atom is 0.408 e. The number of carbonyl (C=O) groups is 2. The van der Waals surface area contributed by atoms with Gasteiger partial charge in [-0.25, -0.2) is 4.79 Å². The third-order valence-electron chi connectivity index (χ3n) is 2.64. The highest BCUT2D eigenvalue weighted by Crippen LogP contribution is 2.23. The predicted molar refractivity (Wildman–Crippen MR) is 78.8 cm³/mol. The van der Waals surface area contributed by atoms with Crippen LogP contribution in [0.25, 0.3) is 0 Å². The molecule has 110 valence electrons. The fourth-order valence-electron chi connectivity index (χ4n) is 1.70. The molecule has 2 atom stereocenters. The predicted octanol–water partition coefficient (Wildman–Crippen LogP) is 3.74. The Hall–Kier alpha value is -1.55. The van der Waals surface area contributed by atoms with Crippen molar-refractivity contribution in [1.29, 1.82) is 0 Å². The maximum absolute atomic E-state index is 11.9.